The Balaban J connectivity index is 0.000000139. The van der Waals surface area contributed by atoms with Crippen molar-refractivity contribution in [3.63, 3.8) is 0 Å². The van der Waals surface area contributed by atoms with E-state index < -0.39 is 13.4 Å². The topological polar surface area (TPSA) is 105 Å². The van der Waals surface area contributed by atoms with E-state index in [1.54, 1.807) is 7.05 Å². The van der Waals surface area contributed by atoms with Gasteiger partial charge in [0.15, 0.2) is 0 Å². The summed E-state index contributed by atoms with van der Waals surface area (Å²) in [4.78, 5) is 44.9. The first kappa shape index (κ1) is 19.0. The van der Waals surface area contributed by atoms with Gasteiger partial charge in [0.25, 0.3) is 0 Å². The minimum absolute atomic E-state index is 0.178. The Morgan fingerprint density at radius 1 is 0.857 bits per heavy atom. The van der Waals surface area contributed by atoms with Crippen molar-refractivity contribution in [1.82, 2.24) is 0 Å². The Labute approximate surface area is 162 Å². The van der Waals surface area contributed by atoms with Gasteiger partial charge in [-0.3, -0.25) is 19.2 Å². The smallest absolute Gasteiger partial charge is 0.600 e. The third-order valence-corrected chi connectivity index (χ3v) is 6.91. The van der Waals surface area contributed by atoms with Crippen molar-refractivity contribution in [2.24, 2.45) is 5.92 Å². The molecule has 2 atom stereocenters. The molecule has 4 heterocycles. The molecule has 0 amide bonds. The quantitative estimate of drug-likeness (QED) is 0.556. The summed E-state index contributed by atoms with van der Waals surface area (Å²) in [6, 6.07) is 0. The Hall–Kier alpha value is -2.33. The molecule has 0 radical (unpaired) electrons. The van der Waals surface area contributed by atoms with E-state index in [9.17, 15) is 19.2 Å². The van der Waals surface area contributed by atoms with Crippen molar-refractivity contribution in [3.8, 4) is 0 Å². The molecular weight excluding hydrogens is 370 g/mol. The highest BCUT2D eigenvalue weighted by atomic mass is 16.7. The summed E-state index contributed by atoms with van der Waals surface area (Å²) in [6.07, 6.45) is 0.994. The summed E-state index contributed by atoms with van der Waals surface area (Å²) in [5.74, 6) is 1.03. The van der Waals surface area contributed by atoms with E-state index >= 15 is 0 Å². The van der Waals surface area contributed by atoms with Gasteiger partial charge in [0.2, 0.25) is 0 Å². The molecule has 0 aromatic heterocycles. The highest BCUT2D eigenvalue weighted by Gasteiger charge is 2.73. The average molecular weight is 394 g/mol. The summed E-state index contributed by atoms with van der Waals surface area (Å²) >= 11 is 0. The Morgan fingerprint density at radius 2 is 1.25 bits per heavy atom. The van der Waals surface area contributed by atoms with Crippen LogP contribution in [0.2, 0.25) is 5.82 Å². The molecule has 12 heteroatoms. The molecule has 0 spiro atoms. The first-order valence-electron chi connectivity index (χ1n) is 9.47. The molecule has 28 heavy (non-hydrogen) atoms. The largest absolute Gasteiger partial charge is 0.607 e. The van der Waals surface area contributed by atoms with E-state index in [4.69, 9.17) is 18.6 Å². The predicted octanol–water partition coefficient (Wildman–Crippen LogP) is -0.894. The fraction of sp³-hybridized carbons (Fsp3) is 0.625. The molecule has 4 saturated heterocycles. The van der Waals surface area contributed by atoms with Gasteiger partial charge < -0.3 is 27.4 Å². The third kappa shape index (κ3) is 2.44. The lowest BCUT2D eigenvalue weighted by Gasteiger charge is -2.40. The van der Waals surface area contributed by atoms with Crippen molar-refractivity contribution in [2.75, 3.05) is 40.3 Å². The molecule has 5 fully saturated rings. The van der Waals surface area contributed by atoms with Gasteiger partial charge in [0.1, 0.15) is 26.2 Å². The second-order valence-corrected chi connectivity index (χ2v) is 9.12. The number of fused-ring (bicyclic) bond motifs is 2. The Morgan fingerprint density at radius 3 is 1.61 bits per heavy atom. The monoisotopic (exact) mass is 394 g/mol. The molecule has 0 N–H and O–H groups in total. The summed E-state index contributed by atoms with van der Waals surface area (Å²) < 4.78 is 21.4. The van der Waals surface area contributed by atoms with Crippen molar-refractivity contribution in [1.29, 1.82) is 0 Å². The van der Waals surface area contributed by atoms with Crippen LogP contribution in [0.4, 0.5) is 0 Å². The van der Waals surface area contributed by atoms with E-state index in [0.717, 1.165) is 6.42 Å². The molecule has 5 aliphatic rings. The van der Waals surface area contributed by atoms with Gasteiger partial charge in [0.05, 0.1) is 0 Å². The molecular formula is C16H24B2N2O8. The summed E-state index contributed by atoms with van der Waals surface area (Å²) in [7, 11) is 3.65. The maximum Gasteiger partial charge on any atom is 0.607 e. The lowest BCUT2D eigenvalue weighted by molar-refractivity contribution is -0.794. The number of likely N-dealkylation sites (N-methyl/N-ethyl adjacent to an activating group) is 2. The van der Waals surface area contributed by atoms with Gasteiger partial charge in [-0.05, 0) is 5.82 Å². The third-order valence-electron chi connectivity index (χ3n) is 6.91. The molecule has 5 rings (SSSR count). The maximum atomic E-state index is 11.4. The summed E-state index contributed by atoms with van der Waals surface area (Å²) in [6.45, 7) is 2.85. The SMILES string of the molecule is C=C[B-]12OC(=O)C[N+]1(C)CC(=O)O2.C[C@@H]1C[C@H]1[B-]12OC(=O)C[N+]1(C)CC(=O)O2. The van der Waals surface area contributed by atoms with Crippen LogP contribution >= 0.6 is 0 Å². The second-order valence-electron chi connectivity index (χ2n) is 9.12. The van der Waals surface area contributed by atoms with E-state index in [1.807, 2.05) is 7.05 Å². The van der Waals surface area contributed by atoms with Gasteiger partial charge in [-0.15, -0.1) is 6.58 Å². The number of rotatable bonds is 2. The Bertz CT molecular complexity index is 774. The zero-order chi connectivity index (χ0) is 20.5. The number of nitrogens with zero attached hydrogens (tertiary/aromatic N) is 2. The first-order chi connectivity index (χ1) is 13.0. The number of hydrogen-bond donors (Lipinski definition) is 0. The molecule has 1 aliphatic carbocycles. The van der Waals surface area contributed by atoms with E-state index in [2.05, 4.69) is 13.5 Å². The van der Waals surface area contributed by atoms with Crippen LogP contribution in [0.1, 0.15) is 13.3 Å². The minimum Gasteiger partial charge on any atom is -0.600 e. The number of carbonyl (C=O) groups is 4. The zero-order valence-corrected chi connectivity index (χ0v) is 16.3. The van der Waals surface area contributed by atoms with Gasteiger partial charge in [-0.2, -0.15) is 0 Å². The van der Waals surface area contributed by atoms with Gasteiger partial charge in [-0.25, -0.2) is 0 Å². The van der Waals surface area contributed by atoms with Crippen molar-refractivity contribution in [3.05, 3.63) is 12.6 Å². The zero-order valence-electron chi connectivity index (χ0n) is 16.3. The predicted molar refractivity (Wildman–Crippen MR) is 95.4 cm³/mol. The summed E-state index contributed by atoms with van der Waals surface area (Å²) in [5, 5.41) is 0. The van der Waals surface area contributed by atoms with Crippen molar-refractivity contribution < 1.29 is 46.6 Å². The highest BCUT2D eigenvalue weighted by molar-refractivity contribution is 6.71. The van der Waals surface area contributed by atoms with E-state index in [-0.39, 0.29) is 60.3 Å². The van der Waals surface area contributed by atoms with Crippen LogP contribution in [-0.2, 0) is 37.8 Å². The second kappa shape index (κ2) is 5.60. The van der Waals surface area contributed by atoms with Crippen LogP contribution in [0.25, 0.3) is 0 Å². The Kier molecular flexibility index (Phi) is 3.80. The molecule has 152 valence electrons. The normalized spacial score (nSPS) is 47.8. The van der Waals surface area contributed by atoms with Crippen LogP contribution in [0.5, 0.6) is 0 Å². The standard InChI is InChI=1S/C9H14BNO4.C7H10BNO4/c1-6-3-7(6)10-11(2,4-8(12)14-10)5-9(13)15-10;1-3-8-9(2,4-6(10)12-8)5-7(11)13-8/h6-7H,3-5H2,1-2H3;3H,1,4-5H2,2H3/t6-,7-,10?,11?;/m1./s1. The van der Waals surface area contributed by atoms with Gasteiger partial charge in [0, 0.05) is 14.1 Å². The summed E-state index contributed by atoms with van der Waals surface area (Å²) in [5.41, 5.74) is 0. The minimum atomic E-state index is -1.97. The van der Waals surface area contributed by atoms with E-state index in [1.165, 1.54) is 5.98 Å². The fourth-order valence-electron chi connectivity index (χ4n) is 5.19. The maximum absolute atomic E-state index is 11.4. The average Bonchev–Trinajstić information content (AvgIpc) is 2.96. The number of quaternary nitrogens is 2. The molecule has 4 aliphatic heterocycles. The van der Waals surface area contributed by atoms with Crippen LogP contribution in [0.3, 0.4) is 0 Å². The number of carbonyl (C=O) groups excluding carboxylic acids is 4. The van der Waals surface area contributed by atoms with Crippen LogP contribution < -0.4 is 0 Å². The van der Waals surface area contributed by atoms with Crippen LogP contribution in [0, 0.1) is 5.92 Å². The lowest BCUT2D eigenvalue weighted by Crippen LogP contribution is -2.60. The molecule has 0 unspecified atom stereocenters. The van der Waals surface area contributed by atoms with E-state index in [0.29, 0.717) is 10.3 Å². The highest BCUT2D eigenvalue weighted by Crippen LogP contribution is 2.57. The molecule has 10 nitrogen and oxygen atoms in total. The molecule has 0 aromatic rings. The molecule has 0 bridgehead atoms. The van der Waals surface area contributed by atoms with Crippen molar-refractivity contribution in [2.45, 2.75) is 19.2 Å². The first-order valence-corrected chi connectivity index (χ1v) is 9.47. The van der Waals surface area contributed by atoms with Crippen molar-refractivity contribution >= 4 is 37.3 Å². The van der Waals surface area contributed by atoms with Gasteiger partial charge >= 0.3 is 37.3 Å². The van der Waals surface area contributed by atoms with Gasteiger partial charge in [-0.1, -0.05) is 25.2 Å². The molecule has 0 aromatic carbocycles. The van der Waals surface area contributed by atoms with Crippen LogP contribution in [-0.4, -0.2) is 86.3 Å². The lowest BCUT2D eigenvalue weighted by atomic mass is 9.61. The fourth-order valence-corrected chi connectivity index (χ4v) is 5.19. The molecule has 1 saturated carbocycles. The number of hydrogen-bond acceptors (Lipinski definition) is 8. The van der Waals surface area contributed by atoms with Crippen LogP contribution in [0.15, 0.2) is 12.6 Å².